The number of rotatable bonds is 8. The molecule has 0 radical (unpaired) electrons. The topological polar surface area (TPSA) is 61.5 Å². The van der Waals surface area contributed by atoms with Gasteiger partial charge in [0, 0.05) is 13.2 Å². The molecule has 0 saturated heterocycles. The molecule has 0 fully saturated rings. The van der Waals surface area contributed by atoms with Crippen molar-refractivity contribution in [2.24, 2.45) is 5.73 Å². The zero-order chi connectivity index (χ0) is 11.7. The van der Waals surface area contributed by atoms with Gasteiger partial charge in [-0.1, -0.05) is 13.3 Å². The third-order valence-corrected chi connectivity index (χ3v) is 2.28. The van der Waals surface area contributed by atoms with E-state index in [9.17, 15) is 4.79 Å². The van der Waals surface area contributed by atoms with E-state index < -0.39 is 5.54 Å². The highest BCUT2D eigenvalue weighted by atomic mass is 16.5. The average molecular weight is 217 g/mol. The Kier molecular flexibility index (Phi) is 7.34. The van der Waals surface area contributed by atoms with E-state index >= 15 is 0 Å². The molecule has 0 rings (SSSR count). The van der Waals surface area contributed by atoms with Crippen molar-refractivity contribution in [3.05, 3.63) is 0 Å². The van der Waals surface area contributed by atoms with Crippen molar-refractivity contribution < 1.29 is 14.3 Å². The Hall–Kier alpha value is -0.610. The maximum absolute atomic E-state index is 11.2. The first-order chi connectivity index (χ1) is 7.04. The summed E-state index contributed by atoms with van der Waals surface area (Å²) in [7, 11) is 1.35. The lowest BCUT2D eigenvalue weighted by atomic mass is 9.98. The molecule has 4 heteroatoms. The summed E-state index contributed by atoms with van der Waals surface area (Å²) in [5.74, 6) is -0.365. The minimum absolute atomic E-state index is 0.365. The van der Waals surface area contributed by atoms with Crippen LogP contribution in [0, 0.1) is 0 Å². The smallest absolute Gasteiger partial charge is 0.325 e. The quantitative estimate of drug-likeness (QED) is 0.494. The van der Waals surface area contributed by atoms with Gasteiger partial charge in [0.25, 0.3) is 0 Å². The van der Waals surface area contributed by atoms with E-state index in [0.717, 1.165) is 25.9 Å². The molecular formula is C11H23NO3. The third-order valence-electron chi connectivity index (χ3n) is 2.28. The summed E-state index contributed by atoms with van der Waals surface area (Å²) in [6, 6.07) is 0. The van der Waals surface area contributed by atoms with Crippen LogP contribution in [0.25, 0.3) is 0 Å². The van der Waals surface area contributed by atoms with Crippen LogP contribution in [0.1, 0.15) is 39.5 Å². The molecule has 0 aromatic carbocycles. The van der Waals surface area contributed by atoms with Crippen LogP contribution in [-0.4, -0.2) is 31.8 Å². The van der Waals surface area contributed by atoms with Gasteiger partial charge in [-0.2, -0.15) is 0 Å². The molecule has 0 aromatic rings. The van der Waals surface area contributed by atoms with E-state index in [1.165, 1.54) is 7.11 Å². The lowest BCUT2D eigenvalue weighted by Crippen LogP contribution is -2.45. The SMILES string of the molecule is CCCCOCCCC(C)(N)C(=O)OC. The minimum Gasteiger partial charge on any atom is -0.468 e. The van der Waals surface area contributed by atoms with Crippen molar-refractivity contribution in [1.29, 1.82) is 0 Å². The monoisotopic (exact) mass is 217 g/mol. The van der Waals surface area contributed by atoms with E-state index in [1.807, 2.05) is 0 Å². The van der Waals surface area contributed by atoms with Crippen LogP contribution in [0.15, 0.2) is 0 Å². The predicted octanol–water partition coefficient (Wildman–Crippen LogP) is 1.47. The van der Waals surface area contributed by atoms with Crippen molar-refractivity contribution >= 4 is 5.97 Å². The molecular weight excluding hydrogens is 194 g/mol. The van der Waals surface area contributed by atoms with Crippen LogP contribution in [0.3, 0.4) is 0 Å². The highest BCUT2D eigenvalue weighted by Gasteiger charge is 2.28. The molecule has 1 unspecified atom stereocenters. The molecule has 0 aliphatic heterocycles. The van der Waals surface area contributed by atoms with Crippen molar-refractivity contribution in [3.8, 4) is 0 Å². The molecule has 0 amide bonds. The summed E-state index contributed by atoms with van der Waals surface area (Å²) >= 11 is 0. The zero-order valence-electron chi connectivity index (χ0n) is 10.0. The number of carbonyl (C=O) groups is 1. The number of carbonyl (C=O) groups excluding carboxylic acids is 1. The molecule has 0 spiro atoms. The van der Waals surface area contributed by atoms with Gasteiger partial charge in [0.2, 0.25) is 0 Å². The van der Waals surface area contributed by atoms with Crippen LogP contribution < -0.4 is 5.73 Å². The van der Waals surface area contributed by atoms with Crippen molar-refractivity contribution in [2.45, 2.75) is 45.1 Å². The maximum Gasteiger partial charge on any atom is 0.325 e. The normalized spacial score (nSPS) is 14.7. The van der Waals surface area contributed by atoms with E-state index in [1.54, 1.807) is 6.92 Å². The van der Waals surface area contributed by atoms with Crippen LogP contribution in [0.4, 0.5) is 0 Å². The van der Waals surface area contributed by atoms with Gasteiger partial charge in [0.15, 0.2) is 0 Å². The first-order valence-corrected chi connectivity index (χ1v) is 5.49. The fourth-order valence-electron chi connectivity index (χ4n) is 1.23. The Bertz CT molecular complexity index is 181. The summed E-state index contributed by atoms with van der Waals surface area (Å²) in [5, 5.41) is 0. The maximum atomic E-state index is 11.2. The van der Waals surface area contributed by atoms with Crippen LogP contribution >= 0.6 is 0 Å². The fraction of sp³-hybridized carbons (Fsp3) is 0.909. The lowest BCUT2D eigenvalue weighted by Gasteiger charge is -2.20. The van der Waals surface area contributed by atoms with Crippen molar-refractivity contribution in [2.75, 3.05) is 20.3 Å². The van der Waals surface area contributed by atoms with Crippen LogP contribution in [0.5, 0.6) is 0 Å². The molecule has 0 aliphatic rings. The molecule has 15 heavy (non-hydrogen) atoms. The second-order valence-electron chi connectivity index (χ2n) is 3.98. The number of nitrogens with two attached hydrogens (primary N) is 1. The van der Waals surface area contributed by atoms with E-state index in [-0.39, 0.29) is 5.97 Å². The molecule has 0 saturated carbocycles. The summed E-state index contributed by atoms with van der Waals surface area (Å²) < 4.78 is 9.98. The highest BCUT2D eigenvalue weighted by molar-refractivity contribution is 5.79. The number of hydrogen-bond donors (Lipinski definition) is 1. The van der Waals surface area contributed by atoms with Gasteiger partial charge in [0.1, 0.15) is 5.54 Å². The average Bonchev–Trinajstić information content (AvgIpc) is 2.22. The molecule has 1 atom stereocenters. The summed E-state index contributed by atoms with van der Waals surface area (Å²) in [5.41, 5.74) is 4.90. The predicted molar refractivity (Wildman–Crippen MR) is 59.6 cm³/mol. The van der Waals surface area contributed by atoms with Gasteiger partial charge in [-0.3, -0.25) is 4.79 Å². The van der Waals surface area contributed by atoms with E-state index in [2.05, 4.69) is 11.7 Å². The Balaban J connectivity index is 3.53. The third kappa shape index (κ3) is 6.47. The molecule has 0 aliphatic carbocycles. The number of ether oxygens (including phenoxy) is 2. The Labute approximate surface area is 92.1 Å². The summed E-state index contributed by atoms with van der Waals surface area (Å²) in [4.78, 5) is 11.2. The van der Waals surface area contributed by atoms with E-state index in [4.69, 9.17) is 10.5 Å². The molecule has 4 nitrogen and oxygen atoms in total. The van der Waals surface area contributed by atoms with Crippen LogP contribution in [-0.2, 0) is 14.3 Å². The first-order valence-electron chi connectivity index (χ1n) is 5.49. The number of methoxy groups -OCH3 is 1. The second kappa shape index (κ2) is 7.65. The Morgan fingerprint density at radius 3 is 2.47 bits per heavy atom. The van der Waals surface area contributed by atoms with Gasteiger partial charge < -0.3 is 15.2 Å². The van der Waals surface area contributed by atoms with Gasteiger partial charge >= 0.3 is 5.97 Å². The number of hydrogen-bond acceptors (Lipinski definition) is 4. The Morgan fingerprint density at radius 1 is 1.33 bits per heavy atom. The molecule has 0 aromatic heterocycles. The fourth-order valence-corrected chi connectivity index (χ4v) is 1.23. The molecule has 0 heterocycles. The van der Waals surface area contributed by atoms with Gasteiger partial charge in [-0.15, -0.1) is 0 Å². The standard InChI is InChI=1S/C11H23NO3/c1-4-5-8-15-9-6-7-11(2,12)10(13)14-3/h4-9,12H2,1-3H3. The Morgan fingerprint density at radius 2 is 1.93 bits per heavy atom. The lowest BCUT2D eigenvalue weighted by molar-refractivity contribution is -0.146. The largest absolute Gasteiger partial charge is 0.468 e. The molecule has 2 N–H and O–H groups in total. The first kappa shape index (κ1) is 14.4. The van der Waals surface area contributed by atoms with E-state index in [0.29, 0.717) is 13.0 Å². The minimum atomic E-state index is -0.886. The van der Waals surface area contributed by atoms with Gasteiger partial charge in [-0.05, 0) is 26.2 Å². The summed E-state index contributed by atoms with van der Waals surface area (Å²) in [6.45, 7) is 5.25. The second-order valence-corrected chi connectivity index (χ2v) is 3.98. The van der Waals surface area contributed by atoms with Gasteiger partial charge in [0.05, 0.1) is 7.11 Å². The molecule has 0 bridgehead atoms. The van der Waals surface area contributed by atoms with Crippen molar-refractivity contribution in [3.63, 3.8) is 0 Å². The highest BCUT2D eigenvalue weighted by Crippen LogP contribution is 2.10. The zero-order valence-corrected chi connectivity index (χ0v) is 10.0. The molecule has 90 valence electrons. The van der Waals surface area contributed by atoms with Crippen molar-refractivity contribution in [1.82, 2.24) is 0 Å². The summed E-state index contributed by atoms with van der Waals surface area (Å²) in [6.07, 6.45) is 3.59. The van der Waals surface area contributed by atoms with Gasteiger partial charge in [-0.25, -0.2) is 0 Å². The number of esters is 1. The van der Waals surface area contributed by atoms with Crippen LogP contribution in [0.2, 0.25) is 0 Å². The number of unbranched alkanes of at least 4 members (excludes halogenated alkanes) is 1.